The predicted octanol–water partition coefficient (Wildman–Crippen LogP) is 2.53. The molecule has 0 amide bonds. The van der Waals surface area contributed by atoms with Gasteiger partial charge >= 0.3 is 0 Å². The van der Waals surface area contributed by atoms with Gasteiger partial charge in [-0.2, -0.15) is 0 Å². The van der Waals surface area contributed by atoms with E-state index >= 15 is 0 Å². The maximum Gasteiger partial charge on any atom is 0.129 e. The van der Waals surface area contributed by atoms with Crippen LogP contribution < -0.4 is 11.1 Å². The Kier molecular flexibility index (Phi) is 6.55. The highest BCUT2D eigenvalue weighted by molar-refractivity contribution is 5.35. The van der Waals surface area contributed by atoms with Crippen molar-refractivity contribution in [3.05, 3.63) is 18.1 Å². The monoisotopic (exact) mass is 236 g/mol. The highest BCUT2D eigenvalue weighted by Gasteiger charge is 2.02. The predicted molar refractivity (Wildman–Crippen MR) is 72.1 cm³/mol. The number of nitrogens with two attached hydrogens (primary N) is 1. The molecule has 4 nitrogen and oxygen atoms in total. The zero-order valence-electron chi connectivity index (χ0n) is 10.9. The fourth-order valence-electron chi connectivity index (χ4n) is 1.62. The first kappa shape index (κ1) is 13.9. The lowest BCUT2D eigenvalue weighted by Crippen LogP contribution is -2.05. The highest BCUT2D eigenvalue weighted by Crippen LogP contribution is 2.13. The van der Waals surface area contributed by atoms with E-state index < -0.39 is 0 Å². The summed E-state index contributed by atoms with van der Waals surface area (Å²) in [5.74, 6) is 1.38. The Hall–Kier alpha value is -1.16. The van der Waals surface area contributed by atoms with Crippen LogP contribution in [0.25, 0.3) is 0 Å². The van der Waals surface area contributed by atoms with Crippen molar-refractivity contribution in [3.8, 4) is 0 Å². The topological polar surface area (TPSA) is 63.8 Å². The number of nitrogens with one attached hydrogen (secondary N) is 1. The molecule has 17 heavy (non-hydrogen) atoms. The summed E-state index contributed by atoms with van der Waals surface area (Å²) in [7, 11) is 0. The molecule has 0 saturated carbocycles. The van der Waals surface area contributed by atoms with Gasteiger partial charge in [-0.25, -0.2) is 9.97 Å². The van der Waals surface area contributed by atoms with Gasteiger partial charge in [0.1, 0.15) is 12.1 Å². The van der Waals surface area contributed by atoms with E-state index in [2.05, 4.69) is 29.1 Å². The lowest BCUT2D eigenvalue weighted by atomic mass is 10.1. The minimum atomic E-state index is 0.447. The van der Waals surface area contributed by atoms with Crippen molar-refractivity contribution in [1.82, 2.24) is 9.97 Å². The molecule has 3 N–H and O–H groups in total. The van der Waals surface area contributed by atoms with Crippen molar-refractivity contribution in [3.63, 3.8) is 0 Å². The van der Waals surface area contributed by atoms with E-state index in [0.29, 0.717) is 5.92 Å². The van der Waals surface area contributed by atoms with Crippen molar-refractivity contribution >= 4 is 5.82 Å². The summed E-state index contributed by atoms with van der Waals surface area (Å²) in [6.07, 6.45) is 6.38. The Balaban J connectivity index is 2.24. The molecule has 96 valence electrons. The smallest absolute Gasteiger partial charge is 0.129 e. The van der Waals surface area contributed by atoms with Gasteiger partial charge in [0.25, 0.3) is 0 Å². The van der Waals surface area contributed by atoms with Crippen molar-refractivity contribution in [2.24, 2.45) is 5.73 Å². The van der Waals surface area contributed by atoms with E-state index in [1.54, 1.807) is 6.33 Å². The average Bonchev–Trinajstić information content (AvgIpc) is 2.34. The van der Waals surface area contributed by atoms with Gasteiger partial charge in [0, 0.05) is 18.3 Å². The van der Waals surface area contributed by atoms with E-state index in [0.717, 1.165) is 31.0 Å². The second-order valence-corrected chi connectivity index (χ2v) is 4.61. The van der Waals surface area contributed by atoms with Crippen LogP contribution in [0.1, 0.15) is 51.1 Å². The standard InChI is InChI=1S/C13H24N4/c1-11(2)12-9-13(17-10-16-12)15-8-6-4-3-5-7-14/h9-11H,3-8,14H2,1-2H3,(H,15,16,17). The van der Waals surface area contributed by atoms with Crippen LogP contribution in [0.5, 0.6) is 0 Å². The van der Waals surface area contributed by atoms with E-state index in [9.17, 15) is 0 Å². The van der Waals surface area contributed by atoms with E-state index in [1.165, 1.54) is 19.3 Å². The van der Waals surface area contributed by atoms with Gasteiger partial charge in [-0.15, -0.1) is 0 Å². The van der Waals surface area contributed by atoms with Gasteiger partial charge in [0.05, 0.1) is 0 Å². The number of nitrogens with zero attached hydrogens (tertiary/aromatic N) is 2. The van der Waals surface area contributed by atoms with Crippen LogP contribution in [-0.4, -0.2) is 23.1 Å². The van der Waals surface area contributed by atoms with Crippen LogP contribution in [0.15, 0.2) is 12.4 Å². The molecule has 4 heteroatoms. The minimum Gasteiger partial charge on any atom is -0.370 e. The van der Waals surface area contributed by atoms with Crippen LogP contribution in [0, 0.1) is 0 Å². The van der Waals surface area contributed by atoms with Gasteiger partial charge in [-0.05, 0) is 25.3 Å². The molecular weight excluding hydrogens is 212 g/mol. The third-order valence-corrected chi connectivity index (χ3v) is 2.72. The molecule has 0 aliphatic heterocycles. The molecule has 0 aliphatic rings. The normalized spacial score (nSPS) is 10.8. The van der Waals surface area contributed by atoms with Gasteiger partial charge < -0.3 is 11.1 Å². The molecule has 0 unspecified atom stereocenters. The molecule has 0 fully saturated rings. The van der Waals surface area contributed by atoms with E-state index in [-0.39, 0.29) is 0 Å². The van der Waals surface area contributed by atoms with Gasteiger partial charge in [-0.1, -0.05) is 26.7 Å². The molecule has 1 aromatic heterocycles. The Morgan fingerprint density at radius 3 is 2.65 bits per heavy atom. The minimum absolute atomic E-state index is 0.447. The molecule has 1 heterocycles. The quantitative estimate of drug-likeness (QED) is 0.681. The Labute approximate surface area is 104 Å². The molecule has 0 aromatic carbocycles. The summed E-state index contributed by atoms with van der Waals surface area (Å²) < 4.78 is 0. The largest absolute Gasteiger partial charge is 0.370 e. The molecule has 0 saturated heterocycles. The van der Waals surface area contributed by atoms with Gasteiger partial charge in [0.15, 0.2) is 0 Å². The van der Waals surface area contributed by atoms with Crippen LogP contribution >= 0.6 is 0 Å². The first-order chi connectivity index (χ1) is 8.24. The van der Waals surface area contributed by atoms with Crippen LogP contribution in [0.2, 0.25) is 0 Å². The number of hydrogen-bond acceptors (Lipinski definition) is 4. The van der Waals surface area contributed by atoms with Crippen LogP contribution in [-0.2, 0) is 0 Å². The molecule has 0 aliphatic carbocycles. The van der Waals surface area contributed by atoms with Gasteiger partial charge in [0.2, 0.25) is 0 Å². The second-order valence-electron chi connectivity index (χ2n) is 4.61. The number of rotatable bonds is 8. The Bertz CT molecular complexity index is 312. The lowest BCUT2D eigenvalue weighted by molar-refractivity contribution is 0.660. The van der Waals surface area contributed by atoms with E-state index in [1.807, 2.05) is 6.07 Å². The molecular formula is C13H24N4. The maximum atomic E-state index is 5.45. The van der Waals surface area contributed by atoms with Crippen LogP contribution in [0.4, 0.5) is 5.82 Å². The number of aromatic nitrogens is 2. The number of hydrogen-bond donors (Lipinski definition) is 2. The first-order valence-corrected chi connectivity index (χ1v) is 6.50. The maximum absolute atomic E-state index is 5.45. The van der Waals surface area contributed by atoms with Crippen molar-refractivity contribution < 1.29 is 0 Å². The summed E-state index contributed by atoms with van der Waals surface area (Å²) in [5, 5.41) is 3.33. The van der Waals surface area contributed by atoms with E-state index in [4.69, 9.17) is 5.73 Å². The fourth-order valence-corrected chi connectivity index (χ4v) is 1.62. The van der Waals surface area contributed by atoms with Gasteiger partial charge in [-0.3, -0.25) is 0 Å². The van der Waals surface area contributed by atoms with Crippen molar-refractivity contribution in [2.75, 3.05) is 18.4 Å². The molecule has 0 radical (unpaired) electrons. The summed E-state index contributed by atoms with van der Waals surface area (Å²) in [6, 6.07) is 2.03. The summed E-state index contributed by atoms with van der Waals surface area (Å²) in [4.78, 5) is 8.46. The van der Waals surface area contributed by atoms with Crippen molar-refractivity contribution in [2.45, 2.75) is 45.4 Å². The fraction of sp³-hybridized carbons (Fsp3) is 0.692. The SMILES string of the molecule is CC(C)c1cc(NCCCCCCN)ncn1. The number of anilines is 1. The van der Waals surface area contributed by atoms with Crippen molar-refractivity contribution in [1.29, 1.82) is 0 Å². The third-order valence-electron chi connectivity index (χ3n) is 2.72. The summed E-state index contributed by atoms with van der Waals surface area (Å²) in [6.45, 7) is 6.05. The second kappa shape index (κ2) is 8.01. The molecule has 0 spiro atoms. The Morgan fingerprint density at radius 1 is 1.18 bits per heavy atom. The summed E-state index contributed by atoms with van der Waals surface area (Å²) in [5.41, 5.74) is 6.54. The zero-order valence-corrected chi connectivity index (χ0v) is 10.9. The molecule has 1 rings (SSSR count). The average molecular weight is 236 g/mol. The lowest BCUT2D eigenvalue weighted by Gasteiger charge is -2.08. The molecule has 1 aromatic rings. The zero-order chi connectivity index (χ0) is 12.5. The number of unbranched alkanes of at least 4 members (excludes halogenated alkanes) is 3. The molecule has 0 atom stereocenters. The third kappa shape index (κ3) is 5.63. The first-order valence-electron chi connectivity index (χ1n) is 6.50. The summed E-state index contributed by atoms with van der Waals surface area (Å²) >= 11 is 0. The Morgan fingerprint density at radius 2 is 1.94 bits per heavy atom. The molecule has 0 bridgehead atoms. The highest BCUT2D eigenvalue weighted by atomic mass is 15.0. The van der Waals surface area contributed by atoms with Crippen LogP contribution in [0.3, 0.4) is 0 Å².